The number of carbonyl (C=O) groups excluding carboxylic acids is 2. The molecular weight excluding hydrogens is 402 g/mol. The van der Waals surface area contributed by atoms with Crippen LogP contribution in [0.1, 0.15) is 38.1 Å². The molecule has 0 bridgehead atoms. The second-order valence-corrected chi connectivity index (χ2v) is 8.08. The van der Waals surface area contributed by atoms with Crippen molar-refractivity contribution in [2.45, 2.75) is 34.2 Å². The first-order valence-corrected chi connectivity index (χ1v) is 9.96. The van der Waals surface area contributed by atoms with Crippen LogP contribution < -0.4 is 32.4 Å². The van der Waals surface area contributed by atoms with E-state index in [9.17, 15) is 19.2 Å². The van der Waals surface area contributed by atoms with Crippen molar-refractivity contribution < 1.29 is 14.3 Å². The molecule has 10 nitrogen and oxygen atoms in total. The number of nitrogens with one attached hydrogen (secondary N) is 1. The highest BCUT2D eigenvalue weighted by atomic mass is 16.5. The normalized spacial score (nSPS) is 11.0. The maximum absolute atomic E-state index is 13.0. The van der Waals surface area contributed by atoms with E-state index in [4.69, 9.17) is 16.2 Å². The van der Waals surface area contributed by atoms with Crippen LogP contribution in [-0.2, 0) is 11.3 Å². The molecule has 0 fully saturated rings. The summed E-state index contributed by atoms with van der Waals surface area (Å²) in [6, 6.07) is 6.11. The maximum atomic E-state index is 13.0. The Balaban J connectivity index is 2.38. The monoisotopic (exact) mass is 431 g/mol. The Morgan fingerprint density at radius 3 is 2.42 bits per heavy atom. The molecule has 0 aliphatic carbocycles. The molecule has 168 valence electrons. The molecule has 0 unspecified atom stereocenters. The zero-order valence-electron chi connectivity index (χ0n) is 18.2. The molecule has 10 heteroatoms. The number of hydrogen-bond donors (Lipinski definition) is 3. The summed E-state index contributed by atoms with van der Waals surface area (Å²) in [5.74, 6) is -0.844. The first-order valence-electron chi connectivity index (χ1n) is 9.96. The van der Waals surface area contributed by atoms with Gasteiger partial charge in [0, 0.05) is 18.7 Å². The average molecular weight is 431 g/mol. The van der Waals surface area contributed by atoms with Crippen LogP contribution in [0.2, 0.25) is 0 Å². The minimum Gasteiger partial charge on any atom is -0.484 e. The standard InChI is InChI=1S/C21H29N5O5/c1-12(2)9-25(16(27)11-31-15-7-5-6-14(8-15)19(23)28)17-18(22)26(10-13(3)4)21(30)24-20(17)29/h5-8,12-13H,9-11,22H2,1-4H3,(H2,23,28)(H,24,29,30). The highest BCUT2D eigenvalue weighted by Crippen LogP contribution is 2.20. The van der Waals surface area contributed by atoms with Crippen LogP contribution in [0.3, 0.4) is 0 Å². The highest BCUT2D eigenvalue weighted by molar-refractivity contribution is 5.96. The van der Waals surface area contributed by atoms with E-state index in [-0.39, 0.29) is 47.7 Å². The summed E-state index contributed by atoms with van der Waals surface area (Å²) < 4.78 is 6.77. The van der Waals surface area contributed by atoms with Crippen LogP contribution in [0.15, 0.2) is 33.9 Å². The molecule has 31 heavy (non-hydrogen) atoms. The number of amides is 2. The molecule has 1 aromatic heterocycles. The van der Waals surface area contributed by atoms with Gasteiger partial charge in [-0.1, -0.05) is 33.8 Å². The van der Waals surface area contributed by atoms with Gasteiger partial charge in [-0.2, -0.15) is 0 Å². The Hall–Kier alpha value is -3.56. The van der Waals surface area contributed by atoms with Crippen molar-refractivity contribution in [3.63, 3.8) is 0 Å². The number of nitrogens with two attached hydrogens (primary N) is 2. The van der Waals surface area contributed by atoms with Gasteiger partial charge in [0.1, 0.15) is 11.6 Å². The Morgan fingerprint density at radius 1 is 1.16 bits per heavy atom. The van der Waals surface area contributed by atoms with Crippen molar-refractivity contribution in [2.24, 2.45) is 17.6 Å². The summed E-state index contributed by atoms with van der Waals surface area (Å²) in [6.45, 7) is 7.64. The van der Waals surface area contributed by atoms with E-state index in [0.29, 0.717) is 0 Å². The summed E-state index contributed by atoms with van der Waals surface area (Å²) in [5.41, 5.74) is 10.2. The average Bonchev–Trinajstić information content (AvgIpc) is 2.68. The number of nitrogens with zero attached hydrogens (tertiary/aromatic N) is 2. The van der Waals surface area contributed by atoms with E-state index < -0.39 is 29.7 Å². The molecule has 0 spiro atoms. The van der Waals surface area contributed by atoms with Crippen molar-refractivity contribution in [1.29, 1.82) is 0 Å². The smallest absolute Gasteiger partial charge is 0.330 e. The van der Waals surface area contributed by atoms with E-state index in [1.807, 2.05) is 27.7 Å². The van der Waals surface area contributed by atoms with Crippen molar-refractivity contribution in [1.82, 2.24) is 9.55 Å². The molecule has 2 aromatic rings. The first-order chi connectivity index (χ1) is 14.5. The van der Waals surface area contributed by atoms with Gasteiger partial charge in [0.15, 0.2) is 12.3 Å². The van der Waals surface area contributed by atoms with Gasteiger partial charge in [0.25, 0.3) is 11.5 Å². The predicted molar refractivity (Wildman–Crippen MR) is 118 cm³/mol. The van der Waals surface area contributed by atoms with Crippen LogP contribution in [0, 0.1) is 11.8 Å². The van der Waals surface area contributed by atoms with Crippen LogP contribution >= 0.6 is 0 Å². The van der Waals surface area contributed by atoms with E-state index in [0.717, 1.165) is 0 Å². The molecule has 0 atom stereocenters. The molecule has 0 aliphatic rings. The van der Waals surface area contributed by atoms with Gasteiger partial charge in [-0.25, -0.2) is 4.79 Å². The Morgan fingerprint density at radius 2 is 1.84 bits per heavy atom. The summed E-state index contributed by atoms with van der Waals surface area (Å²) >= 11 is 0. The number of carbonyl (C=O) groups is 2. The number of aromatic nitrogens is 2. The summed E-state index contributed by atoms with van der Waals surface area (Å²) in [5, 5.41) is 0. The Labute approximate surface area is 179 Å². The third-order valence-corrected chi connectivity index (χ3v) is 4.36. The van der Waals surface area contributed by atoms with Crippen LogP contribution in [0.4, 0.5) is 11.5 Å². The molecule has 0 aliphatic heterocycles. The number of anilines is 2. The quantitative estimate of drug-likeness (QED) is 0.537. The molecule has 0 radical (unpaired) electrons. The third kappa shape index (κ3) is 5.97. The molecule has 0 saturated carbocycles. The van der Waals surface area contributed by atoms with Crippen molar-refractivity contribution >= 4 is 23.3 Å². The molecule has 1 heterocycles. The highest BCUT2D eigenvalue weighted by Gasteiger charge is 2.25. The maximum Gasteiger partial charge on any atom is 0.330 e. The molecular formula is C21H29N5O5. The van der Waals surface area contributed by atoms with Gasteiger partial charge in [0.05, 0.1) is 0 Å². The first kappa shape index (κ1) is 23.7. The Bertz CT molecular complexity index is 1070. The number of H-pyrrole nitrogens is 1. The number of ether oxygens (including phenoxy) is 1. The van der Waals surface area contributed by atoms with E-state index in [1.54, 1.807) is 12.1 Å². The van der Waals surface area contributed by atoms with Gasteiger partial charge < -0.3 is 21.1 Å². The molecule has 2 amide bonds. The van der Waals surface area contributed by atoms with Crippen molar-refractivity contribution in [2.75, 3.05) is 23.8 Å². The zero-order valence-corrected chi connectivity index (χ0v) is 18.2. The molecule has 0 saturated heterocycles. The zero-order chi connectivity index (χ0) is 23.3. The summed E-state index contributed by atoms with van der Waals surface area (Å²) in [6.07, 6.45) is 0. The van der Waals surface area contributed by atoms with Gasteiger partial charge in [0.2, 0.25) is 5.91 Å². The van der Waals surface area contributed by atoms with E-state index in [2.05, 4.69) is 4.98 Å². The van der Waals surface area contributed by atoms with Crippen LogP contribution in [0.25, 0.3) is 0 Å². The minimum absolute atomic E-state index is 0.00594. The van der Waals surface area contributed by atoms with E-state index >= 15 is 0 Å². The lowest BCUT2D eigenvalue weighted by atomic mass is 10.2. The van der Waals surface area contributed by atoms with Gasteiger partial charge in [-0.05, 0) is 30.0 Å². The van der Waals surface area contributed by atoms with Crippen LogP contribution in [0.5, 0.6) is 5.75 Å². The molecule has 5 N–H and O–H groups in total. The fraction of sp³-hybridized carbons (Fsp3) is 0.429. The minimum atomic E-state index is -0.743. The third-order valence-electron chi connectivity index (χ3n) is 4.36. The number of hydrogen-bond acceptors (Lipinski definition) is 6. The Kier molecular flexibility index (Phi) is 7.62. The second-order valence-electron chi connectivity index (χ2n) is 8.08. The molecule has 1 aromatic carbocycles. The number of nitrogen functional groups attached to an aromatic ring is 1. The van der Waals surface area contributed by atoms with Gasteiger partial charge in [-0.3, -0.25) is 23.9 Å². The lowest BCUT2D eigenvalue weighted by Gasteiger charge is -2.26. The molecule has 2 rings (SSSR count). The fourth-order valence-electron chi connectivity index (χ4n) is 3.03. The van der Waals surface area contributed by atoms with Gasteiger partial charge in [-0.15, -0.1) is 0 Å². The fourth-order valence-corrected chi connectivity index (χ4v) is 3.03. The van der Waals surface area contributed by atoms with E-state index in [1.165, 1.54) is 21.6 Å². The lowest BCUT2D eigenvalue weighted by molar-refractivity contribution is -0.120. The topological polar surface area (TPSA) is 154 Å². The van der Waals surface area contributed by atoms with Crippen molar-refractivity contribution in [3.05, 3.63) is 50.7 Å². The SMILES string of the molecule is CC(C)CN(C(=O)COc1cccc(C(N)=O)c1)c1c(N)n(CC(C)C)c(=O)[nH]c1=O. The predicted octanol–water partition coefficient (Wildman–Crippen LogP) is 0.942. The summed E-state index contributed by atoms with van der Waals surface area (Å²) in [4.78, 5) is 52.6. The number of primary amides is 1. The van der Waals surface area contributed by atoms with Crippen LogP contribution in [-0.4, -0.2) is 34.5 Å². The second kappa shape index (κ2) is 9.96. The largest absolute Gasteiger partial charge is 0.484 e. The number of aromatic amines is 1. The van der Waals surface area contributed by atoms with Crippen molar-refractivity contribution in [3.8, 4) is 5.75 Å². The summed E-state index contributed by atoms with van der Waals surface area (Å²) in [7, 11) is 0. The van der Waals surface area contributed by atoms with Gasteiger partial charge >= 0.3 is 5.69 Å². The lowest BCUT2D eigenvalue weighted by Crippen LogP contribution is -2.44. The number of rotatable bonds is 9. The number of benzene rings is 1.